The molecular formula is C16H14O6. The van der Waals surface area contributed by atoms with E-state index in [4.69, 9.17) is 15.3 Å². The summed E-state index contributed by atoms with van der Waals surface area (Å²) < 4.78 is 0. The van der Waals surface area contributed by atoms with E-state index in [2.05, 4.69) is 0 Å². The lowest BCUT2D eigenvalue weighted by Crippen LogP contribution is -1.93. The quantitative estimate of drug-likeness (QED) is 0.648. The second-order valence-electron chi connectivity index (χ2n) is 4.08. The van der Waals surface area contributed by atoms with Gasteiger partial charge in [-0.3, -0.25) is 0 Å². The van der Waals surface area contributed by atoms with E-state index in [1.54, 1.807) is 18.2 Å². The molecule has 2 aromatic rings. The monoisotopic (exact) mass is 302 g/mol. The van der Waals surface area contributed by atoms with Gasteiger partial charge in [-0.2, -0.15) is 0 Å². The lowest BCUT2D eigenvalue weighted by Gasteiger charge is -1.95. The fraction of sp³-hybridized carbons (Fsp3) is 0. The molecule has 0 saturated heterocycles. The Morgan fingerprint density at radius 2 is 1.45 bits per heavy atom. The molecule has 0 heterocycles. The minimum atomic E-state index is -1.03. The normalized spacial score (nSPS) is 9.82. The van der Waals surface area contributed by atoms with Crippen molar-refractivity contribution in [3.8, 4) is 11.5 Å². The molecule has 0 atom stereocenters. The number of hydrogen-bond donors (Lipinski definition) is 4. The van der Waals surface area contributed by atoms with Gasteiger partial charge in [-0.05, 0) is 36.4 Å². The van der Waals surface area contributed by atoms with Gasteiger partial charge in [0.15, 0.2) is 0 Å². The SMILES string of the molecule is O=C(O)C=Cc1ccccc1O.O=C(O)c1ccc(O)cc1. The molecule has 0 aliphatic rings. The number of aromatic carboxylic acids is 1. The van der Waals surface area contributed by atoms with Crippen molar-refractivity contribution in [2.24, 2.45) is 0 Å². The highest BCUT2D eigenvalue weighted by molar-refractivity contribution is 5.87. The molecule has 0 spiro atoms. The molecule has 6 nitrogen and oxygen atoms in total. The molecule has 2 aromatic carbocycles. The molecule has 0 saturated carbocycles. The second kappa shape index (κ2) is 8.11. The second-order valence-corrected chi connectivity index (χ2v) is 4.08. The molecule has 0 aliphatic carbocycles. The van der Waals surface area contributed by atoms with Crippen LogP contribution in [0.1, 0.15) is 15.9 Å². The predicted octanol–water partition coefficient (Wildman–Crippen LogP) is 2.58. The Kier molecular flexibility index (Phi) is 6.18. The summed E-state index contributed by atoms with van der Waals surface area (Å²) in [5, 5.41) is 34.6. The van der Waals surface area contributed by atoms with Crippen LogP contribution in [0.3, 0.4) is 0 Å². The molecule has 0 aliphatic heterocycles. The zero-order valence-electron chi connectivity index (χ0n) is 11.4. The van der Waals surface area contributed by atoms with Gasteiger partial charge in [0.05, 0.1) is 5.56 Å². The summed E-state index contributed by atoms with van der Waals surface area (Å²) in [6.45, 7) is 0. The maximum absolute atomic E-state index is 10.2. The highest BCUT2D eigenvalue weighted by Gasteiger charge is 1.99. The van der Waals surface area contributed by atoms with Crippen LogP contribution in [0.5, 0.6) is 11.5 Å². The van der Waals surface area contributed by atoms with E-state index in [1.165, 1.54) is 36.4 Å². The number of phenolic OH excluding ortho intramolecular Hbond substituents is 2. The van der Waals surface area contributed by atoms with Gasteiger partial charge in [0.25, 0.3) is 0 Å². The fourth-order valence-electron chi connectivity index (χ4n) is 1.39. The first kappa shape index (κ1) is 16.8. The van der Waals surface area contributed by atoms with Gasteiger partial charge in [0.2, 0.25) is 0 Å². The van der Waals surface area contributed by atoms with Gasteiger partial charge >= 0.3 is 11.9 Å². The van der Waals surface area contributed by atoms with E-state index in [0.717, 1.165) is 6.08 Å². The maximum atomic E-state index is 10.2. The Hall–Kier alpha value is -3.28. The van der Waals surface area contributed by atoms with Crippen molar-refractivity contribution in [2.75, 3.05) is 0 Å². The van der Waals surface area contributed by atoms with Crippen molar-refractivity contribution in [1.82, 2.24) is 0 Å². The van der Waals surface area contributed by atoms with E-state index in [9.17, 15) is 14.7 Å². The summed E-state index contributed by atoms with van der Waals surface area (Å²) in [5.74, 6) is -1.86. The van der Waals surface area contributed by atoms with E-state index in [-0.39, 0.29) is 17.1 Å². The number of carbonyl (C=O) groups is 2. The summed E-state index contributed by atoms with van der Waals surface area (Å²) in [7, 11) is 0. The number of aromatic hydroxyl groups is 2. The molecule has 0 fully saturated rings. The summed E-state index contributed by atoms with van der Waals surface area (Å²) in [5.41, 5.74) is 0.678. The smallest absolute Gasteiger partial charge is 0.335 e. The topological polar surface area (TPSA) is 115 Å². The molecular weight excluding hydrogens is 288 g/mol. The lowest BCUT2D eigenvalue weighted by atomic mass is 10.2. The van der Waals surface area contributed by atoms with Crippen molar-refractivity contribution >= 4 is 18.0 Å². The standard InChI is InChI=1S/C9H8O3.C7H6O3/c10-8-4-2-1-3-7(8)5-6-9(11)12;8-6-3-1-5(2-4-6)7(9)10/h1-6,10H,(H,11,12);1-4,8H,(H,9,10). The summed E-state index contributed by atoms with van der Waals surface area (Å²) >= 11 is 0. The third kappa shape index (κ3) is 5.79. The number of phenols is 2. The average Bonchev–Trinajstić information content (AvgIpc) is 2.47. The third-order valence-corrected chi connectivity index (χ3v) is 2.46. The molecule has 6 heteroatoms. The number of benzene rings is 2. The first-order valence-corrected chi connectivity index (χ1v) is 6.11. The molecule has 0 amide bonds. The molecule has 4 N–H and O–H groups in total. The Bertz CT molecular complexity index is 673. The molecule has 22 heavy (non-hydrogen) atoms. The number of aliphatic carboxylic acids is 1. The zero-order chi connectivity index (χ0) is 16.5. The Labute approximate surface area is 126 Å². The number of rotatable bonds is 3. The Morgan fingerprint density at radius 1 is 0.864 bits per heavy atom. The third-order valence-electron chi connectivity index (χ3n) is 2.46. The maximum Gasteiger partial charge on any atom is 0.335 e. The van der Waals surface area contributed by atoms with Crippen LogP contribution in [0.15, 0.2) is 54.6 Å². The van der Waals surface area contributed by atoms with Crippen molar-refractivity contribution in [2.45, 2.75) is 0 Å². The van der Waals surface area contributed by atoms with E-state index in [1.807, 2.05) is 0 Å². The van der Waals surface area contributed by atoms with Gasteiger partial charge in [0.1, 0.15) is 11.5 Å². The van der Waals surface area contributed by atoms with Gasteiger partial charge in [-0.15, -0.1) is 0 Å². The molecule has 0 bridgehead atoms. The Balaban J connectivity index is 0.000000224. The largest absolute Gasteiger partial charge is 0.508 e. The highest BCUT2D eigenvalue weighted by Crippen LogP contribution is 2.16. The number of hydrogen-bond acceptors (Lipinski definition) is 4. The minimum Gasteiger partial charge on any atom is -0.508 e. The van der Waals surface area contributed by atoms with Gasteiger partial charge in [-0.1, -0.05) is 18.2 Å². The summed E-state index contributed by atoms with van der Waals surface area (Å²) in [6, 6.07) is 11.9. The van der Waals surface area contributed by atoms with Gasteiger partial charge in [0, 0.05) is 11.6 Å². The lowest BCUT2D eigenvalue weighted by molar-refractivity contribution is -0.131. The molecule has 2 rings (SSSR count). The van der Waals surface area contributed by atoms with Crippen molar-refractivity contribution in [1.29, 1.82) is 0 Å². The van der Waals surface area contributed by atoms with E-state index < -0.39 is 11.9 Å². The zero-order valence-corrected chi connectivity index (χ0v) is 11.4. The summed E-state index contributed by atoms with van der Waals surface area (Å²) in [6.07, 6.45) is 2.33. The van der Waals surface area contributed by atoms with Crippen molar-refractivity contribution in [3.05, 3.63) is 65.7 Å². The number of para-hydroxylation sites is 1. The van der Waals surface area contributed by atoms with Crippen LogP contribution in [0, 0.1) is 0 Å². The highest BCUT2D eigenvalue weighted by atomic mass is 16.4. The first-order chi connectivity index (χ1) is 10.4. The van der Waals surface area contributed by atoms with Crippen LogP contribution in [-0.4, -0.2) is 32.4 Å². The van der Waals surface area contributed by atoms with Crippen LogP contribution in [0.4, 0.5) is 0 Å². The first-order valence-electron chi connectivity index (χ1n) is 6.11. The van der Waals surface area contributed by atoms with Crippen LogP contribution in [0.25, 0.3) is 6.08 Å². The van der Waals surface area contributed by atoms with E-state index >= 15 is 0 Å². The minimum absolute atomic E-state index is 0.0741. The van der Waals surface area contributed by atoms with Crippen LogP contribution in [-0.2, 0) is 4.79 Å². The van der Waals surface area contributed by atoms with Crippen molar-refractivity contribution < 1.29 is 30.0 Å². The van der Waals surface area contributed by atoms with Gasteiger partial charge in [-0.25, -0.2) is 9.59 Å². The number of carboxylic acid groups (broad SMARTS) is 2. The molecule has 0 aromatic heterocycles. The van der Waals surface area contributed by atoms with Crippen LogP contribution in [0.2, 0.25) is 0 Å². The summed E-state index contributed by atoms with van der Waals surface area (Å²) in [4.78, 5) is 20.3. The molecule has 0 unspecified atom stereocenters. The fourth-order valence-corrected chi connectivity index (χ4v) is 1.39. The molecule has 0 radical (unpaired) electrons. The average molecular weight is 302 g/mol. The van der Waals surface area contributed by atoms with Crippen LogP contribution < -0.4 is 0 Å². The van der Waals surface area contributed by atoms with Crippen LogP contribution >= 0.6 is 0 Å². The van der Waals surface area contributed by atoms with E-state index in [0.29, 0.717) is 5.56 Å². The number of carboxylic acids is 2. The predicted molar refractivity (Wildman–Crippen MR) is 79.8 cm³/mol. The molecule has 114 valence electrons. The van der Waals surface area contributed by atoms with Crippen molar-refractivity contribution in [3.63, 3.8) is 0 Å². The van der Waals surface area contributed by atoms with Gasteiger partial charge < -0.3 is 20.4 Å². The Morgan fingerprint density at radius 3 is 1.95 bits per heavy atom.